The standard InChI is InChI=1S/C12H17N3S/c1-5-15(6-2)11-10-7-8(3)16-12(10)14-9(4)13-11/h7H,5-6H2,1-4H3. The molecule has 0 unspecified atom stereocenters. The number of rotatable bonds is 3. The van der Waals surface area contributed by atoms with Gasteiger partial charge in [0.15, 0.2) is 0 Å². The molecule has 0 aliphatic heterocycles. The van der Waals surface area contributed by atoms with Crippen LogP contribution in [0.25, 0.3) is 10.2 Å². The maximum Gasteiger partial charge on any atom is 0.141 e. The summed E-state index contributed by atoms with van der Waals surface area (Å²) in [6.45, 7) is 10.4. The molecule has 0 N–H and O–H groups in total. The zero-order valence-corrected chi connectivity index (χ0v) is 11.1. The van der Waals surface area contributed by atoms with Crippen LogP contribution in [0.2, 0.25) is 0 Å². The van der Waals surface area contributed by atoms with Crippen molar-refractivity contribution in [2.24, 2.45) is 0 Å². The van der Waals surface area contributed by atoms with Crippen LogP contribution < -0.4 is 4.90 Å². The number of aromatic nitrogens is 2. The fraction of sp³-hybridized carbons (Fsp3) is 0.500. The smallest absolute Gasteiger partial charge is 0.141 e. The molecule has 2 heterocycles. The van der Waals surface area contributed by atoms with Gasteiger partial charge in [-0.15, -0.1) is 11.3 Å². The number of thiophene rings is 1. The van der Waals surface area contributed by atoms with Gasteiger partial charge in [0.2, 0.25) is 0 Å². The topological polar surface area (TPSA) is 29.0 Å². The van der Waals surface area contributed by atoms with Gasteiger partial charge in [0.05, 0.1) is 5.39 Å². The highest BCUT2D eigenvalue weighted by atomic mass is 32.1. The van der Waals surface area contributed by atoms with E-state index >= 15 is 0 Å². The average molecular weight is 235 g/mol. The highest BCUT2D eigenvalue weighted by molar-refractivity contribution is 7.18. The van der Waals surface area contributed by atoms with E-state index in [9.17, 15) is 0 Å². The van der Waals surface area contributed by atoms with E-state index < -0.39 is 0 Å². The third-order valence-corrected chi connectivity index (χ3v) is 3.61. The van der Waals surface area contributed by atoms with Gasteiger partial charge in [0, 0.05) is 18.0 Å². The summed E-state index contributed by atoms with van der Waals surface area (Å²) in [5.74, 6) is 1.94. The minimum atomic E-state index is 0.858. The number of aryl methyl sites for hydroxylation is 2. The van der Waals surface area contributed by atoms with Crippen molar-refractivity contribution >= 4 is 27.4 Å². The third-order valence-electron chi connectivity index (χ3n) is 2.67. The first-order valence-corrected chi connectivity index (χ1v) is 6.47. The van der Waals surface area contributed by atoms with E-state index in [0.717, 1.165) is 29.6 Å². The molecule has 2 rings (SSSR count). The van der Waals surface area contributed by atoms with E-state index in [0.29, 0.717) is 0 Å². The Bertz CT molecular complexity index is 500. The fourth-order valence-electron chi connectivity index (χ4n) is 1.89. The van der Waals surface area contributed by atoms with Crippen molar-refractivity contribution in [2.45, 2.75) is 27.7 Å². The van der Waals surface area contributed by atoms with E-state index in [2.05, 4.69) is 41.7 Å². The second-order valence-electron chi connectivity index (χ2n) is 3.84. The predicted molar refractivity (Wildman–Crippen MR) is 70.5 cm³/mol. The summed E-state index contributed by atoms with van der Waals surface area (Å²) in [5.41, 5.74) is 0. The molecule has 2 aromatic rings. The van der Waals surface area contributed by atoms with Crippen LogP contribution in [-0.4, -0.2) is 23.1 Å². The summed E-state index contributed by atoms with van der Waals surface area (Å²) in [5, 5.41) is 1.19. The Balaban J connectivity index is 2.66. The first-order valence-electron chi connectivity index (χ1n) is 5.65. The Morgan fingerprint density at radius 2 is 1.88 bits per heavy atom. The van der Waals surface area contributed by atoms with Crippen LogP contribution in [0.15, 0.2) is 6.07 Å². The van der Waals surface area contributed by atoms with Gasteiger partial charge < -0.3 is 4.90 Å². The lowest BCUT2D eigenvalue weighted by molar-refractivity contribution is 0.843. The molecular weight excluding hydrogens is 218 g/mol. The molecule has 16 heavy (non-hydrogen) atoms. The highest BCUT2D eigenvalue weighted by Crippen LogP contribution is 2.30. The molecule has 2 aromatic heterocycles. The lowest BCUT2D eigenvalue weighted by Gasteiger charge is -2.20. The maximum atomic E-state index is 4.58. The summed E-state index contributed by atoms with van der Waals surface area (Å²) in [4.78, 5) is 13.7. The van der Waals surface area contributed by atoms with Crippen molar-refractivity contribution in [3.8, 4) is 0 Å². The third kappa shape index (κ3) is 1.89. The average Bonchev–Trinajstić information content (AvgIpc) is 2.60. The van der Waals surface area contributed by atoms with Crippen molar-refractivity contribution in [1.82, 2.24) is 9.97 Å². The summed E-state index contributed by atoms with van der Waals surface area (Å²) >= 11 is 1.74. The van der Waals surface area contributed by atoms with E-state index in [1.807, 2.05) is 6.92 Å². The molecule has 0 aliphatic rings. The highest BCUT2D eigenvalue weighted by Gasteiger charge is 2.12. The summed E-state index contributed by atoms with van der Waals surface area (Å²) in [7, 11) is 0. The molecule has 0 radical (unpaired) electrons. The minimum absolute atomic E-state index is 0.858. The lowest BCUT2D eigenvalue weighted by atomic mass is 10.3. The second-order valence-corrected chi connectivity index (χ2v) is 5.08. The fourth-order valence-corrected chi connectivity index (χ4v) is 2.81. The van der Waals surface area contributed by atoms with Gasteiger partial charge in [0.1, 0.15) is 16.5 Å². The van der Waals surface area contributed by atoms with E-state index in [1.165, 1.54) is 10.3 Å². The molecule has 0 amide bonds. The number of nitrogens with zero attached hydrogens (tertiary/aromatic N) is 3. The van der Waals surface area contributed by atoms with Crippen LogP contribution in [0, 0.1) is 13.8 Å². The molecule has 86 valence electrons. The largest absolute Gasteiger partial charge is 0.357 e. The van der Waals surface area contributed by atoms with Gasteiger partial charge in [-0.25, -0.2) is 9.97 Å². The zero-order chi connectivity index (χ0) is 11.7. The first-order chi connectivity index (χ1) is 7.65. The van der Waals surface area contributed by atoms with Crippen molar-refractivity contribution in [1.29, 1.82) is 0 Å². The maximum absolute atomic E-state index is 4.58. The van der Waals surface area contributed by atoms with Crippen molar-refractivity contribution in [3.05, 3.63) is 16.8 Å². The number of anilines is 1. The Kier molecular flexibility index (Phi) is 3.10. The predicted octanol–water partition coefficient (Wildman–Crippen LogP) is 3.15. The van der Waals surface area contributed by atoms with Crippen LogP contribution >= 0.6 is 11.3 Å². The number of fused-ring (bicyclic) bond motifs is 1. The molecule has 0 spiro atoms. The molecular formula is C12H17N3S. The molecule has 3 nitrogen and oxygen atoms in total. The van der Waals surface area contributed by atoms with Crippen molar-refractivity contribution < 1.29 is 0 Å². The Hall–Kier alpha value is -1.16. The Morgan fingerprint density at radius 3 is 2.50 bits per heavy atom. The van der Waals surface area contributed by atoms with Crippen LogP contribution in [0.4, 0.5) is 5.82 Å². The molecule has 0 saturated heterocycles. The first kappa shape index (κ1) is 11.3. The van der Waals surface area contributed by atoms with Crippen LogP contribution in [0.3, 0.4) is 0 Å². The normalized spacial score (nSPS) is 11.0. The minimum Gasteiger partial charge on any atom is -0.357 e. The van der Waals surface area contributed by atoms with Gasteiger partial charge in [-0.05, 0) is 33.8 Å². The second kappa shape index (κ2) is 4.37. The van der Waals surface area contributed by atoms with Gasteiger partial charge in [-0.1, -0.05) is 0 Å². The Labute approximate surface area is 100 Å². The molecule has 4 heteroatoms. The zero-order valence-electron chi connectivity index (χ0n) is 10.2. The van der Waals surface area contributed by atoms with Gasteiger partial charge in [-0.3, -0.25) is 0 Å². The molecule has 0 fully saturated rings. The number of hydrogen-bond acceptors (Lipinski definition) is 4. The SMILES string of the molecule is CCN(CC)c1nc(C)nc2sc(C)cc12. The number of hydrogen-bond donors (Lipinski definition) is 0. The summed E-state index contributed by atoms with van der Waals surface area (Å²) in [6, 6.07) is 2.19. The van der Waals surface area contributed by atoms with Crippen molar-refractivity contribution in [3.63, 3.8) is 0 Å². The molecule has 0 saturated carbocycles. The van der Waals surface area contributed by atoms with Crippen LogP contribution in [-0.2, 0) is 0 Å². The summed E-state index contributed by atoms with van der Waals surface area (Å²) in [6.07, 6.45) is 0. The van der Waals surface area contributed by atoms with Crippen LogP contribution in [0.1, 0.15) is 24.5 Å². The van der Waals surface area contributed by atoms with Gasteiger partial charge in [0.25, 0.3) is 0 Å². The molecule has 0 aromatic carbocycles. The Morgan fingerprint density at radius 1 is 1.19 bits per heavy atom. The lowest BCUT2D eigenvalue weighted by Crippen LogP contribution is -2.23. The van der Waals surface area contributed by atoms with E-state index in [4.69, 9.17) is 0 Å². The molecule has 0 bridgehead atoms. The molecule has 0 aliphatic carbocycles. The van der Waals surface area contributed by atoms with Crippen molar-refractivity contribution in [2.75, 3.05) is 18.0 Å². The quantitative estimate of drug-likeness (QED) is 0.818. The summed E-state index contributed by atoms with van der Waals surface area (Å²) < 4.78 is 0. The van der Waals surface area contributed by atoms with Crippen LogP contribution in [0.5, 0.6) is 0 Å². The molecule has 0 atom stereocenters. The van der Waals surface area contributed by atoms with Gasteiger partial charge in [-0.2, -0.15) is 0 Å². The monoisotopic (exact) mass is 235 g/mol. The van der Waals surface area contributed by atoms with E-state index in [-0.39, 0.29) is 0 Å². The van der Waals surface area contributed by atoms with E-state index in [1.54, 1.807) is 11.3 Å². The van der Waals surface area contributed by atoms with Gasteiger partial charge >= 0.3 is 0 Å².